The predicted molar refractivity (Wildman–Crippen MR) is 98.2 cm³/mol. The molecule has 5 nitrogen and oxygen atoms in total. The molecule has 0 unspecified atom stereocenters. The molecule has 1 fully saturated rings. The molecule has 6 heteroatoms. The van der Waals surface area contributed by atoms with E-state index in [1.165, 1.54) is 7.11 Å². The SMILES string of the molecule is COC(=O)c1ccc(N[C@H]2CC(=O)N(c3ccc(Cl)cc3)[C@@H]2C)cc1. The van der Waals surface area contributed by atoms with E-state index in [0.29, 0.717) is 17.0 Å². The van der Waals surface area contributed by atoms with Gasteiger partial charge in [-0.25, -0.2) is 4.79 Å². The first-order chi connectivity index (χ1) is 12.0. The molecule has 3 rings (SSSR count). The molecule has 0 aliphatic carbocycles. The Kier molecular flexibility index (Phi) is 4.95. The predicted octanol–water partition coefficient (Wildman–Crippen LogP) is 3.73. The molecule has 2 atom stereocenters. The number of benzene rings is 2. The van der Waals surface area contributed by atoms with Crippen molar-refractivity contribution >= 4 is 34.9 Å². The average Bonchev–Trinajstić information content (AvgIpc) is 2.89. The maximum Gasteiger partial charge on any atom is 0.337 e. The standard InChI is InChI=1S/C19H19ClN2O3/c1-12-17(21-15-7-3-13(4-8-15)19(24)25-2)11-18(23)22(12)16-9-5-14(20)6-10-16/h3-10,12,17,21H,11H2,1-2H3/t12-,17+/m1/s1. The van der Waals surface area contributed by atoms with Crippen LogP contribution in [0.25, 0.3) is 0 Å². The molecule has 1 N–H and O–H groups in total. The van der Waals surface area contributed by atoms with Gasteiger partial charge in [-0.05, 0) is 55.5 Å². The largest absolute Gasteiger partial charge is 0.465 e. The van der Waals surface area contributed by atoms with Gasteiger partial charge in [0.25, 0.3) is 0 Å². The van der Waals surface area contributed by atoms with Crippen LogP contribution in [0.2, 0.25) is 5.02 Å². The van der Waals surface area contributed by atoms with E-state index in [2.05, 4.69) is 5.32 Å². The Bertz CT molecular complexity index is 774. The monoisotopic (exact) mass is 358 g/mol. The number of hydrogen-bond donors (Lipinski definition) is 1. The summed E-state index contributed by atoms with van der Waals surface area (Å²) < 4.78 is 4.69. The van der Waals surface area contributed by atoms with Crippen molar-refractivity contribution in [3.8, 4) is 0 Å². The van der Waals surface area contributed by atoms with Gasteiger partial charge in [-0.3, -0.25) is 4.79 Å². The van der Waals surface area contributed by atoms with E-state index in [0.717, 1.165) is 11.4 Å². The average molecular weight is 359 g/mol. The van der Waals surface area contributed by atoms with Crippen molar-refractivity contribution < 1.29 is 14.3 Å². The second-order valence-corrected chi connectivity index (χ2v) is 6.44. The Labute approximate surface area is 151 Å². The van der Waals surface area contributed by atoms with Crippen molar-refractivity contribution in [2.24, 2.45) is 0 Å². The minimum Gasteiger partial charge on any atom is -0.465 e. The van der Waals surface area contributed by atoms with E-state index in [-0.39, 0.29) is 24.0 Å². The van der Waals surface area contributed by atoms with Gasteiger partial charge in [-0.2, -0.15) is 0 Å². The van der Waals surface area contributed by atoms with Gasteiger partial charge in [0.2, 0.25) is 5.91 Å². The number of nitrogens with zero attached hydrogens (tertiary/aromatic N) is 1. The van der Waals surface area contributed by atoms with Crippen LogP contribution >= 0.6 is 11.6 Å². The lowest BCUT2D eigenvalue weighted by atomic mass is 10.1. The van der Waals surface area contributed by atoms with Gasteiger partial charge < -0.3 is 15.0 Å². The fraction of sp³-hybridized carbons (Fsp3) is 0.263. The van der Waals surface area contributed by atoms with E-state index in [4.69, 9.17) is 16.3 Å². The zero-order valence-electron chi connectivity index (χ0n) is 14.0. The van der Waals surface area contributed by atoms with E-state index in [9.17, 15) is 9.59 Å². The second-order valence-electron chi connectivity index (χ2n) is 6.00. The highest BCUT2D eigenvalue weighted by molar-refractivity contribution is 6.30. The molecule has 1 heterocycles. The van der Waals surface area contributed by atoms with Gasteiger partial charge in [-0.1, -0.05) is 11.6 Å². The molecule has 0 spiro atoms. The molecular weight excluding hydrogens is 340 g/mol. The Morgan fingerprint density at radius 3 is 2.40 bits per heavy atom. The molecule has 2 aromatic rings. The summed E-state index contributed by atoms with van der Waals surface area (Å²) in [6, 6.07) is 14.3. The number of carbonyl (C=O) groups excluding carboxylic acids is 2. The Hall–Kier alpha value is -2.53. The summed E-state index contributed by atoms with van der Waals surface area (Å²) in [7, 11) is 1.35. The van der Waals surface area contributed by atoms with Crippen LogP contribution in [0.1, 0.15) is 23.7 Å². The Morgan fingerprint density at radius 2 is 1.80 bits per heavy atom. The maximum absolute atomic E-state index is 12.4. The molecular formula is C19H19ClN2O3. The second kappa shape index (κ2) is 7.15. The van der Waals surface area contributed by atoms with Crippen molar-refractivity contribution in [1.82, 2.24) is 0 Å². The molecule has 1 amide bonds. The lowest BCUT2D eigenvalue weighted by molar-refractivity contribution is -0.117. The van der Waals surface area contributed by atoms with Gasteiger partial charge in [0.15, 0.2) is 0 Å². The molecule has 1 aliphatic heterocycles. The van der Waals surface area contributed by atoms with Crippen molar-refractivity contribution in [3.63, 3.8) is 0 Å². The van der Waals surface area contributed by atoms with E-state index in [1.54, 1.807) is 29.2 Å². The molecule has 1 saturated heterocycles. The number of methoxy groups -OCH3 is 1. The summed E-state index contributed by atoms with van der Waals surface area (Å²) in [6.07, 6.45) is 0.405. The summed E-state index contributed by atoms with van der Waals surface area (Å²) in [5.41, 5.74) is 2.19. The number of halogens is 1. The van der Waals surface area contributed by atoms with Crippen LogP contribution < -0.4 is 10.2 Å². The normalized spacial score (nSPS) is 19.8. The lowest BCUT2D eigenvalue weighted by Gasteiger charge is -2.26. The van der Waals surface area contributed by atoms with Crippen LogP contribution in [0.15, 0.2) is 48.5 Å². The first-order valence-electron chi connectivity index (χ1n) is 8.02. The maximum atomic E-state index is 12.4. The smallest absolute Gasteiger partial charge is 0.337 e. The van der Waals surface area contributed by atoms with Gasteiger partial charge in [-0.15, -0.1) is 0 Å². The fourth-order valence-corrected chi connectivity index (χ4v) is 3.18. The van der Waals surface area contributed by atoms with Crippen LogP contribution in [0.5, 0.6) is 0 Å². The van der Waals surface area contributed by atoms with Crippen molar-refractivity contribution in [2.45, 2.75) is 25.4 Å². The van der Waals surface area contributed by atoms with E-state index < -0.39 is 0 Å². The molecule has 2 aromatic carbocycles. The first-order valence-corrected chi connectivity index (χ1v) is 8.40. The number of esters is 1. The zero-order chi connectivity index (χ0) is 18.0. The summed E-state index contributed by atoms with van der Waals surface area (Å²) >= 11 is 5.92. The topological polar surface area (TPSA) is 58.6 Å². The molecule has 0 bridgehead atoms. The highest BCUT2D eigenvalue weighted by Crippen LogP contribution is 2.29. The lowest BCUT2D eigenvalue weighted by Crippen LogP contribution is -2.37. The summed E-state index contributed by atoms with van der Waals surface area (Å²) in [5, 5.41) is 4.02. The molecule has 1 aliphatic rings. The fourth-order valence-electron chi connectivity index (χ4n) is 3.05. The molecule has 0 saturated carbocycles. The van der Waals surface area contributed by atoms with Gasteiger partial charge in [0, 0.05) is 22.8 Å². The van der Waals surface area contributed by atoms with Gasteiger partial charge in [0.05, 0.1) is 24.8 Å². The number of hydrogen-bond acceptors (Lipinski definition) is 4. The molecule has 0 radical (unpaired) electrons. The summed E-state index contributed by atoms with van der Waals surface area (Å²) in [6.45, 7) is 2.01. The number of amides is 1. The first kappa shape index (κ1) is 17.3. The Morgan fingerprint density at radius 1 is 1.16 bits per heavy atom. The molecule has 0 aromatic heterocycles. The van der Waals surface area contributed by atoms with Crippen molar-refractivity contribution in [3.05, 3.63) is 59.1 Å². The number of anilines is 2. The number of carbonyl (C=O) groups is 2. The van der Waals surface area contributed by atoms with E-state index >= 15 is 0 Å². The van der Waals surface area contributed by atoms with Gasteiger partial charge >= 0.3 is 5.97 Å². The summed E-state index contributed by atoms with van der Waals surface area (Å²) in [4.78, 5) is 25.7. The van der Waals surface area contributed by atoms with Crippen molar-refractivity contribution in [1.29, 1.82) is 0 Å². The highest BCUT2D eigenvalue weighted by Gasteiger charge is 2.37. The highest BCUT2D eigenvalue weighted by atomic mass is 35.5. The van der Waals surface area contributed by atoms with Crippen LogP contribution in [-0.4, -0.2) is 31.1 Å². The van der Waals surface area contributed by atoms with Gasteiger partial charge in [0.1, 0.15) is 0 Å². The number of ether oxygens (including phenoxy) is 1. The third-order valence-corrected chi connectivity index (χ3v) is 4.67. The van der Waals surface area contributed by atoms with Crippen LogP contribution in [0.4, 0.5) is 11.4 Å². The zero-order valence-corrected chi connectivity index (χ0v) is 14.8. The quantitative estimate of drug-likeness (QED) is 0.846. The minimum absolute atomic E-state index is 0.00559. The number of nitrogens with one attached hydrogen (secondary N) is 1. The molecule has 130 valence electrons. The summed E-state index contributed by atoms with van der Waals surface area (Å²) in [5.74, 6) is -0.302. The van der Waals surface area contributed by atoms with Crippen LogP contribution in [0, 0.1) is 0 Å². The van der Waals surface area contributed by atoms with Crippen LogP contribution in [0.3, 0.4) is 0 Å². The third kappa shape index (κ3) is 3.61. The number of rotatable bonds is 4. The van der Waals surface area contributed by atoms with Crippen LogP contribution in [-0.2, 0) is 9.53 Å². The minimum atomic E-state index is -0.370. The molecule has 25 heavy (non-hydrogen) atoms. The Balaban J connectivity index is 1.72. The van der Waals surface area contributed by atoms with E-state index in [1.807, 2.05) is 31.2 Å². The third-order valence-electron chi connectivity index (χ3n) is 4.42. The van der Waals surface area contributed by atoms with Crippen molar-refractivity contribution in [2.75, 3.05) is 17.3 Å².